The van der Waals surface area contributed by atoms with E-state index in [0.29, 0.717) is 0 Å². The van der Waals surface area contributed by atoms with Crippen LogP contribution in [-0.4, -0.2) is 0 Å². The lowest BCUT2D eigenvalue weighted by molar-refractivity contribution is 0.669. The first kappa shape index (κ1) is 35.2. The Bertz CT molecular complexity index is 3580. The van der Waals surface area contributed by atoms with Gasteiger partial charge in [0.1, 0.15) is 11.2 Å². The fourth-order valence-corrected chi connectivity index (χ4v) is 10.0. The summed E-state index contributed by atoms with van der Waals surface area (Å²) in [5.74, 6) is 0. The van der Waals surface area contributed by atoms with E-state index in [0.717, 1.165) is 50.1 Å². The Kier molecular flexibility index (Phi) is 8.39. The molecule has 0 spiro atoms. The number of para-hydroxylation sites is 1. The number of thiophene rings is 1. The SMILES string of the molecule is c1cc(-c2ccc(N(c3ccc(-c4ccc5c(c4)oc4ccccc45)cc3)c3ccc(-c4ccc5sc6ccccc6c5c4)cc3)cc2)cc(-c2ccc3ccccc3c2)c1. The van der Waals surface area contributed by atoms with Crippen molar-refractivity contribution < 1.29 is 4.42 Å². The second-order valence-electron chi connectivity index (χ2n) is 15.7. The summed E-state index contributed by atoms with van der Waals surface area (Å²) < 4.78 is 8.89. The van der Waals surface area contributed by atoms with Crippen LogP contribution in [0.5, 0.6) is 0 Å². The van der Waals surface area contributed by atoms with Gasteiger partial charge in [-0.05, 0) is 140 Å². The van der Waals surface area contributed by atoms with Crippen LogP contribution in [0.1, 0.15) is 0 Å². The zero-order valence-electron chi connectivity index (χ0n) is 33.1. The van der Waals surface area contributed by atoms with E-state index in [1.807, 2.05) is 23.5 Å². The van der Waals surface area contributed by atoms with Crippen molar-refractivity contribution in [2.24, 2.45) is 0 Å². The largest absolute Gasteiger partial charge is 0.456 e. The zero-order chi connectivity index (χ0) is 40.3. The molecule has 10 aromatic carbocycles. The van der Waals surface area contributed by atoms with Crippen LogP contribution in [0.15, 0.2) is 229 Å². The Morgan fingerprint density at radius 1 is 0.279 bits per heavy atom. The molecule has 2 heterocycles. The number of fused-ring (bicyclic) bond motifs is 7. The Labute approximate surface area is 357 Å². The molecule has 0 atom stereocenters. The van der Waals surface area contributed by atoms with Gasteiger partial charge in [0.05, 0.1) is 0 Å². The predicted octanol–water partition coefficient (Wildman–Crippen LogP) is 17.2. The molecule has 0 bridgehead atoms. The minimum Gasteiger partial charge on any atom is -0.456 e. The number of rotatable bonds is 7. The lowest BCUT2D eigenvalue weighted by Crippen LogP contribution is -2.09. The van der Waals surface area contributed by atoms with Gasteiger partial charge in [-0.3, -0.25) is 0 Å². The van der Waals surface area contributed by atoms with Gasteiger partial charge in [0, 0.05) is 48.0 Å². The fourth-order valence-electron chi connectivity index (χ4n) is 8.91. The van der Waals surface area contributed by atoms with Crippen LogP contribution in [0.3, 0.4) is 0 Å². The van der Waals surface area contributed by atoms with E-state index < -0.39 is 0 Å². The van der Waals surface area contributed by atoms with E-state index >= 15 is 0 Å². The number of hydrogen-bond donors (Lipinski definition) is 0. The highest BCUT2D eigenvalue weighted by Gasteiger charge is 2.16. The van der Waals surface area contributed by atoms with Gasteiger partial charge in [0.2, 0.25) is 0 Å². The molecule has 3 heteroatoms. The molecule has 0 aliphatic carbocycles. The van der Waals surface area contributed by atoms with Crippen molar-refractivity contribution in [1.29, 1.82) is 0 Å². The van der Waals surface area contributed by atoms with Crippen molar-refractivity contribution in [3.8, 4) is 44.5 Å². The highest BCUT2D eigenvalue weighted by Crippen LogP contribution is 2.41. The Morgan fingerprint density at radius 2 is 0.770 bits per heavy atom. The third-order valence-corrected chi connectivity index (χ3v) is 13.2. The van der Waals surface area contributed by atoms with Crippen molar-refractivity contribution >= 4 is 81.3 Å². The molecule has 0 radical (unpaired) electrons. The second kappa shape index (κ2) is 14.5. The van der Waals surface area contributed by atoms with E-state index in [1.54, 1.807) is 0 Å². The van der Waals surface area contributed by atoms with E-state index in [-0.39, 0.29) is 0 Å². The first-order valence-electron chi connectivity index (χ1n) is 20.7. The molecule has 2 aromatic heterocycles. The van der Waals surface area contributed by atoms with Gasteiger partial charge < -0.3 is 9.32 Å². The first-order valence-corrected chi connectivity index (χ1v) is 21.5. The maximum absolute atomic E-state index is 6.25. The van der Waals surface area contributed by atoms with Gasteiger partial charge in [0.25, 0.3) is 0 Å². The molecule has 0 amide bonds. The summed E-state index contributed by atoms with van der Waals surface area (Å²) in [7, 11) is 0. The summed E-state index contributed by atoms with van der Waals surface area (Å²) >= 11 is 1.86. The molecule has 12 aromatic rings. The number of hydrogen-bond acceptors (Lipinski definition) is 3. The molecule has 2 nitrogen and oxygen atoms in total. The Morgan fingerprint density at radius 3 is 1.49 bits per heavy atom. The number of benzene rings is 10. The van der Waals surface area contributed by atoms with Crippen molar-refractivity contribution in [1.82, 2.24) is 0 Å². The van der Waals surface area contributed by atoms with Crippen molar-refractivity contribution in [3.05, 3.63) is 224 Å². The van der Waals surface area contributed by atoms with E-state index in [4.69, 9.17) is 4.42 Å². The average molecular weight is 796 g/mol. The summed E-state index contributed by atoms with van der Waals surface area (Å²) in [6, 6.07) is 81.3. The van der Waals surface area contributed by atoms with Crippen LogP contribution in [0.2, 0.25) is 0 Å². The molecule has 0 aliphatic heterocycles. The van der Waals surface area contributed by atoms with Crippen LogP contribution in [0.4, 0.5) is 17.1 Å². The second-order valence-corrected chi connectivity index (χ2v) is 16.8. The molecule has 0 N–H and O–H groups in total. The van der Waals surface area contributed by atoms with E-state index in [9.17, 15) is 0 Å². The summed E-state index contributed by atoms with van der Waals surface area (Å²) in [5.41, 5.74) is 14.5. The number of furan rings is 1. The monoisotopic (exact) mass is 795 g/mol. The average Bonchev–Trinajstić information content (AvgIpc) is 3.90. The van der Waals surface area contributed by atoms with Gasteiger partial charge in [-0.2, -0.15) is 0 Å². The van der Waals surface area contributed by atoms with E-state index in [2.05, 4.69) is 217 Å². The lowest BCUT2D eigenvalue weighted by atomic mass is 9.97. The molecule has 0 saturated heterocycles. The molecule has 0 fully saturated rings. The molecular weight excluding hydrogens is 759 g/mol. The smallest absolute Gasteiger partial charge is 0.136 e. The third kappa shape index (κ3) is 6.35. The van der Waals surface area contributed by atoms with Crippen molar-refractivity contribution in [2.45, 2.75) is 0 Å². The van der Waals surface area contributed by atoms with Gasteiger partial charge in [-0.25, -0.2) is 0 Å². The number of anilines is 3. The minimum absolute atomic E-state index is 0.902. The van der Waals surface area contributed by atoms with Crippen LogP contribution in [-0.2, 0) is 0 Å². The fraction of sp³-hybridized carbons (Fsp3) is 0. The maximum Gasteiger partial charge on any atom is 0.136 e. The Hall–Kier alpha value is -7.72. The highest BCUT2D eigenvalue weighted by atomic mass is 32.1. The molecule has 12 rings (SSSR count). The van der Waals surface area contributed by atoms with Crippen LogP contribution in [0, 0.1) is 0 Å². The normalized spacial score (nSPS) is 11.6. The zero-order valence-corrected chi connectivity index (χ0v) is 33.9. The van der Waals surface area contributed by atoms with Crippen LogP contribution >= 0.6 is 11.3 Å². The topological polar surface area (TPSA) is 16.4 Å². The summed E-state index contributed by atoms with van der Waals surface area (Å²) in [6.07, 6.45) is 0. The molecule has 286 valence electrons. The van der Waals surface area contributed by atoms with Gasteiger partial charge in [-0.1, -0.05) is 140 Å². The first-order chi connectivity index (χ1) is 30.2. The van der Waals surface area contributed by atoms with Crippen molar-refractivity contribution in [2.75, 3.05) is 4.90 Å². The standard InChI is InChI=1S/C58H37NOS/c1-2-9-42-35-45(17-16-38(42)8-1)44-11-7-10-43(34-44)39-18-26-48(27-19-39)59(49-28-20-40(21-29-49)46-25-33-58-54(36-46)53-13-4-6-15-57(53)61-58)50-30-22-41(23-31-50)47-24-32-52-51-12-3-5-14-55(51)60-56(52)37-47/h1-37H. The quantitative estimate of drug-likeness (QED) is 0.160. The van der Waals surface area contributed by atoms with Gasteiger partial charge in [-0.15, -0.1) is 11.3 Å². The van der Waals surface area contributed by atoms with Gasteiger partial charge >= 0.3 is 0 Å². The Balaban J connectivity index is 0.900. The van der Waals surface area contributed by atoms with E-state index in [1.165, 1.54) is 64.3 Å². The highest BCUT2D eigenvalue weighted by molar-refractivity contribution is 7.25. The number of nitrogens with zero attached hydrogens (tertiary/aromatic N) is 1. The molecule has 0 unspecified atom stereocenters. The summed E-state index contributed by atoms with van der Waals surface area (Å²) in [4.78, 5) is 2.35. The summed E-state index contributed by atoms with van der Waals surface area (Å²) in [6.45, 7) is 0. The minimum atomic E-state index is 0.902. The van der Waals surface area contributed by atoms with Crippen LogP contribution in [0.25, 0.3) is 97.4 Å². The molecule has 0 saturated carbocycles. The van der Waals surface area contributed by atoms with Crippen LogP contribution < -0.4 is 4.90 Å². The van der Waals surface area contributed by atoms with Crippen molar-refractivity contribution in [3.63, 3.8) is 0 Å². The summed E-state index contributed by atoms with van der Waals surface area (Å²) in [5, 5.41) is 7.41. The molecule has 61 heavy (non-hydrogen) atoms. The molecular formula is C58H37NOS. The molecule has 0 aliphatic rings. The van der Waals surface area contributed by atoms with Gasteiger partial charge in [0.15, 0.2) is 0 Å². The lowest BCUT2D eigenvalue weighted by Gasteiger charge is -2.26. The maximum atomic E-state index is 6.25. The predicted molar refractivity (Wildman–Crippen MR) is 261 cm³/mol. The third-order valence-electron chi connectivity index (χ3n) is 12.1.